The van der Waals surface area contributed by atoms with Crippen molar-refractivity contribution in [1.29, 1.82) is 0 Å². The predicted molar refractivity (Wildman–Crippen MR) is 67.8 cm³/mol. The van der Waals surface area contributed by atoms with E-state index in [2.05, 4.69) is 0 Å². The fraction of sp³-hybridized carbons (Fsp3) is 0.929. The van der Waals surface area contributed by atoms with Crippen LogP contribution in [-0.2, 0) is 9.53 Å². The SMILES string of the molecule is CN(CCC1CCCCO1)C(=O)C1CCCC1. The molecule has 3 nitrogen and oxygen atoms in total. The Labute approximate surface area is 105 Å². The van der Waals surface area contributed by atoms with Crippen molar-refractivity contribution < 1.29 is 9.53 Å². The minimum Gasteiger partial charge on any atom is -0.378 e. The first-order valence-electron chi connectivity index (χ1n) is 7.14. The van der Waals surface area contributed by atoms with E-state index in [4.69, 9.17) is 4.74 Å². The van der Waals surface area contributed by atoms with E-state index in [1.807, 2.05) is 11.9 Å². The molecular formula is C14H25NO2. The lowest BCUT2D eigenvalue weighted by Gasteiger charge is -2.26. The lowest BCUT2D eigenvalue weighted by atomic mass is 10.0. The summed E-state index contributed by atoms with van der Waals surface area (Å²) in [5.41, 5.74) is 0. The molecule has 1 aliphatic heterocycles. The van der Waals surface area contributed by atoms with Crippen molar-refractivity contribution in [1.82, 2.24) is 4.90 Å². The Morgan fingerprint density at radius 3 is 2.53 bits per heavy atom. The Balaban J connectivity index is 1.68. The fourth-order valence-electron chi connectivity index (χ4n) is 2.97. The number of nitrogens with zero attached hydrogens (tertiary/aromatic N) is 1. The van der Waals surface area contributed by atoms with Gasteiger partial charge in [0.05, 0.1) is 6.10 Å². The van der Waals surface area contributed by atoms with Gasteiger partial charge in [0.25, 0.3) is 0 Å². The number of carbonyl (C=O) groups excluding carboxylic acids is 1. The van der Waals surface area contributed by atoms with E-state index in [1.54, 1.807) is 0 Å². The molecule has 1 atom stereocenters. The lowest BCUT2D eigenvalue weighted by molar-refractivity contribution is -0.134. The molecule has 3 heteroatoms. The highest BCUT2D eigenvalue weighted by Crippen LogP contribution is 2.26. The minimum atomic E-state index is 0.312. The molecule has 0 N–H and O–H groups in total. The van der Waals surface area contributed by atoms with Gasteiger partial charge in [-0.25, -0.2) is 0 Å². The average molecular weight is 239 g/mol. The highest BCUT2D eigenvalue weighted by Gasteiger charge is 2.25. The van der Waals surface area contributed by atoms with Crippen LogP contribution in [0, 0.1) is 5.92 Å². The molecule has 0 aromatic carbocycles. The molecule has 1 saturated heterocycles. The van der Waals surface area contributed by atoms with Crippen LogP contribution in [0.2, 0.25) is 0 Å². The summed E-state index contributed by atoms with van der Waals surface area (Å²) in [4.78, 5) is 14.0. The molecule has 1 saturated carbocycles. The summed E-state index contributed by atoms with van der Waals surface area (Å²) < 4.78 is 5.70. The Morgan fingerprint density at radius 1 is 1.18 bits per heavy atom. The molecule has 98 valence electrons. The van der Waals surface area contributed by atoms with E-state index in [0.29, 0.717) is 17.9 Å². The van der Waals surface area contributed by atoms with Crippen LogP contribution in [0.15, 0.2) is 0 Å². The number of hydrogen-bond acceptors (Lipinski definition) is 2. The second-order valence-electron chi connectivity index (χ2n) is 5.52. The summed E-state index contributed by atoms with van der Waals surface area (Å²) in [6.45, 7) is 1.77. The molecule has 0 radical (unpaired) electrons. The minimum absolute atomic E-state index is 0.312. The third kappa shape index (κ3) is 3.70. The third-order valence-electron chi connectivity index (χ3n) is 4.14. The van der Waals surface area contributed by atoms with Crippen LogP contribution in [0.1, 0.15) is 51.4 Å². The van der Waals surface area contributed by atoms with E-state index in [1.165, 1.54) is 32.1 Å². The fourth-order valence-corrected chi connectivity index (χ4v) is 2.97. The molecule has 2 fully saturated rings. The second-order valence-corrected chi connectivity index (χ2v) is 5.52. The van der Waals surface area contributed by atoms with Crippen molar-refractivity contribution >= 4 is 5.91 Å². The van der Waals surface area contributed by atoms with Crippen molar-refractivity contribution in [3.05, 3.63) is 0 Å². The van der Waals surface area contributed by atoms with Gasteiger partial charge in [-0.05, 0) is 38.5 Å². The van der Waals surface area contributed by atoms with Gasteiger partial charge in [-0.1, -0.05) is 12.8 Å². The summed E-state index contributed by atoms with van der Waals surface area (Å²) in [5, 5.41) is 0. The zero-order valence-corrected chi connectivity index (χ0v) is 11.0. The maximum absolute atomic E-state index is 12.1. The van der Waals surface area contributed by atoms with Crippen LogP contribution in [0.3, 0.4) is 0 Å². The molecule has 0 bridgehead atoms. The van der Waals surface area contributed by atoms with Gasteiger partial charge in [0.2, 0.25) is 5.91 Å². The number of ether oxygens (including phenoxy) is 1. The first kappa shape index (κ1) is 12.9. The highest BCUT2D eigenvalue weighted by molar-refractivity contribution is 5.78. The average Bonchev–Trinajstić information content (AvgIpc) is 2.90. The van der Waals surface area contributed by atoms with E-state index in [0.717, 1.165) is 32.4 Å². The van der Waals surface area contributed by atoms with Crippen LogP contribution < -0.4 is 0 Å². The monoisotopic (exact) mass is 239 g/mol. The largest absolute Gasteiger partial charge is 0.378 e. The molecule has 1 aliphatic carbocycles. The smallest absolute Gasteiger partial charge is 0.225 e. The molecule has 1 amide bonds. The number of hydrogen-bond donors (Lipinski definition) is 0. The third-order valence-corrected chi connectivity index (χ3v) is 4.14. The van der Waals surface area contributed by atoms with Crippen LogP contribution in [-0.4, -0.2) is 37.1 Å². The van der Waals surface area contributed by atoms with Crippen molar-refractivity contribution in [3.8, 4) is 0 Å². The summed E-state index contributed by atoms with van der Waals surface area (Å²) >= 11 is 0. The van der Waals surface area contributed by atoms with Gasteiger partial charge in [0, 0.05) is 26.1 Å². The van der Waals surface area contributed by atoms with Gasteiger partial charge in [0.15, 0.2) is 0 Å². The van der Waals surface area contributed by atoms with E-state index >= 15 is 0 Å². The molecular weight excluding hydrogens is 214 g/mol. The van der Waals surface area contributed by atoms with Crippen molar-refractivity contribution in [2.45, 2.75) is 57.5 Å². The maximum Gasteiger partial charge on any atom is 0.225 e. The Kier molecular flexibility index (Phi) is 4.84. The predicted octanol–water partition coefficient (Wildman–Crippen LogP) is 2.59. The summed E-state index contributed by atoms with van der Waals surface area (Å²) in [5.74, 6) is 0.672. The molecule has 0 spiro atoms. The number of amides is 1. The van der Waals surface area contributed by atoms with Crippen LogP contribution in [0.4, 0.5) is 0 Å². The normalized spacial score (nSPS) is 26.1. The zero-order valence-electron chi connectivity index (χ0n) is 11.0. The summed E-state index contributed by atoms with van der Waals surface area (Å²) in [6.07, 6.45) is 9.72. The van der Waals surface area contributed by atoms with Gasteiger partial charge >= 0.3 is 0 Å². The molecule has 2 rings (SSSR count). The maximum atomic E-state index is 12.1. The Bertz CT molecular complexity index is 243. The quantitative estimate of drug-likeness (QED) is 0.754. The van der Waals surface area contributed by atoms with Gasteiger partial charge in [0.1, 0.15) is 0 Å². The van der Waals surface area contributed by atoms with Gasteiger partial charge in [-0.15, -0.1) is 0 Å². The molecule has 0 aromatic rings. The molecule has 1 unspecified atom stereocenters. The van der Waals surface area contributed by atoms with Crippen LogP contribution in [0.5, 0.6) is 0 Å². The summed E-state index contributed by atoms with van der Waals surface area (Å²) in [6, 6.07) is 0. The van der Waals surface area contributed by atoms with Gasteiger partial charge < -0.3 is 9.64 Å². The zero-order chi connectivity index (χ0) is 12.1. The van der Waals surface area contributed by atoms with Crippen molar-refractivity contribution in [2.75, 3.05) is 20.2 Å². The molecule has 17 heavy (non-hydrogen) atoms. The Morgan fingerprint density at radius 2 is 1.88 bits per heavy atom. The molecule has 0 aromatic heterocycles. The first-order valence-corrected chi connectivity index (χ1v) is 7.14. The topological polar surface area (TPSA) is 29.5 Å². The van der Waals surface area contributed by atoms with Crippen molar-refractivity contribution in [3.63, 3.8) is 0 Å². The summed E-state index contributed by atoms with van der Waals surface area (Å²) in [7, 11) is 1.95. The van der Waals surface area contributed by atoms with E-state index < -0.39 is 0 Å². The van der Waals surface area contributed by atoms with Crippen molar-refractivity contribution in [2.24, 2.45) is 5.92 Å². The van der Waals surface area contributed by atoms with Gasteiger partial charge in [-0.2, -0.15) is 0 Å². The van der Waals surface area contributed by atoms with Crippen LogP contribution >= 0.6 is 0 Å². The number of rotatable bonds is 4. The van der Waals surface area contributed by atoms with E-state index in [9.17, 15) is 4.79 Å². The van der Waals surface area contributed by atoms with Gasteiger partial charge in [-0.3, -0.25) is 4.79 Å². The van der Waals surface area contributed by atoms with Crippen LogP contribution in [0.25, 0.3) is 0 Å². The molecule has 1 heterocycles. The second kappa shape index (κ2) is 6.39. The first-order chi connectivity index (χ1) is 8.27. The highest BCUT2D eigenvalue weighted by atomic mass is 16.5. The Hall–Kier alpha value is -0.570. The lowest BCUT2D eigenvalue weighted by Crippen LogP contribution is -2.34. The number of carbonyl (C=O) groups is 1. The van der Waals surface area contributed by atoms with E-state index in [-0.39, 0.29) is 0 Å². The molecule has 2 aliphatic rings. The standard InChI is InChI=1S/C14H25NO2/c1-15(14(16)12-6-2-3-7-12)10-9-13-8-4-5-11-17-13/h12-13H,2-11H2,1H3.